The van der Waals surface area contributed by atoms with Gasteiger partial charge in [0.05, 0.1) is 11.6 Å². The molecule has 0 amide bonds. The number of allylic oxidation sites excluding steroid dienone is 5. The zero-order valence-electron chi connectivity index (χ0n) is 5.91. The van der Waals surface area contributed by atoms with Gasteiger partial charge in [-0.25, -0.2) is 0 Å². The van der Waals surface area contributed by atoms with Gasteiger partial charge in [0, 0.05) is 0 Å². The summed E-state index contributed by atoms with van der Waals surface area (Å²) in [4.78, 5) is 0. The monoisotopic (exact) mass is 129 g/mol. The molecule has 1 nitrogen and oxygen atoms in total. The van der Waals surface area contributed by atoms with Gasteiger partial charge in [-0.2, -0.15) is 5.26 Å². The van der Waals surface area contributed by atoms with Gasteiger partial charge in [-0.15, -0.1) is 5.98 Å². The maximum Gasteiger partial charge on any atom is 0.102 e. The third kappa shape index (κ3) is 3.74. The summed E-state index contributed by atoms with van der Waals surface area (Å²) in [6.45, 7) is 1.89. The minimum Gasteiger partial charge on any atom is -0.192 e. The molecule has 2 heteroatoms. The molecule has 0 heterocycles. The number of rotatable bonds is 2. The zero-order valence-corrected chi connectivity index (χ0v) is 5.91. The highest BCUT2D eigenvalue weighted by molar-refractivity contribution is 6.17. The molecule has 0 aliphatic rings. The van der Waals surface area contributed by atoms with Crippen molar-refractivity contribution >= 4 is 7.85 Å². The van der Waals surface area contributed by atoms with Crippen LogP contribution < -0.4 is 0 Å². The lowest BCUT2D eigenvalue weighted by Crippen LogP contribution is -1.68. The Kier molecular flexibility index (Phi) is 5.18. The van der Waals surface area contributed by atoms with Gasteiger partial charge in [0.2, 0.25) is 0 Å². The van der Waals surface area contributed by atoms with E-state index < -0.39 is 0 Å². The smallest absolute Gasteiger partial charge is 0.102 e. The lowest BCUT2D eigenvalue weighted by Gasteiger charge is -1.80. The van der Waals surface area contributed by atoms with Crippen LogP contribution in [0.5, 0.6) is 0 Å². The second kappa shape index (κ2) is 5.90. The normalized spacial score (nSPS) is 12.6. The van der Waals surface area contributed by atoms with Crippen LogP contribution in [0.25, 0.3) is 0 Å². The molecule has 0 bridgehead atoms. The van der Waals surface area contributed by atoms with E-state index in [9.17, 15) is 0 Å². The van der Waals surface area contributed by atoms with E-state index in [1.807, 2.05) is 19.1 Å². The standard InChI is InChI=1S/C8H8BN/c1-2-3-4-8(7-10)5-6-9/h2-6H,1H3/b3-2-,6-5+,8-4+. The van der Waals surface area contributed by atoms with Gasteiger partial charge in [-0.1, -0.05) is 18.2 Å². The first kappa shape index (κ1) is 8.77. The first-order valence-electron chi connectivity index (χ1n) is 2.96. The average Bonchev–Trinajstić information content (AvgIpc) is 1.98. The molecule has 0 aromatic heterocycles. The van der Waals surface area contributed by atoms with Crippen molar-refractivity contribution < 1.29 is 0 Å². The van der Waals surface area contributed by atoms with Crippen LogP contribution in [0.1, 0.15) is 6.92 Å². The summed E-state index contributed by atoms with van der Waals surface area (Å²) in [7, 11) is 5.08. The first-order valence-corrected chi connectivity index (χ1v) is 2.96. The molecule has 0 aliphatic carbocycles. The predicted octanol–water partition coefficient (Wildman–Crippen LogP) is 1.69. The minimum absolute atomic E-state index is 0.556. The Bertz CT molecular complexity index is 206. The van der Waals surface area contributed by atoms with E-state index in [4.69, 9.17) is 13.1 Å². The molecule has 2 radical (unpaired) electrons. The SMILES string of the molecule is [B]/C=C/C(C#N)=C\C=C/C. The summed E-state index contributed by atoms with van der Waals surface area (Å²) < 4.78 is 0. The molecule has 0 saturated heterocycles. The van der Waals surface area contributed by atoms with E-state index in [-0.39, 0.29) is 0 Å². The van der Waals surface area contributed by atoms with E-state index in [0.29, 0.717) is 5.57 Å². The number of nitriles is 1. The van der Waals surface area contributed by atoms with Crippen LogP contribution in [0.3, 0.4) is 0 Å². The Hall–Kier alpha value is -1.23. The molecule has 0 atom stereocenters. The molecular formula is C8H8BN. The van der Waals surface area contributed by atoms with Gasteiger partial charge < -0.3 is 0 Å². The Morgan fingerprint density at radius 2 is 2.30 bits per heavy atom. The maximum absolute atomic E-state index is 8.42. The van der Waals surface area contributed by atoms with Crippen molar-refractivity contribution in [2.45, 2.75) is 6.92 Å². The van der Waals surface area contributed by atoms with Gasteiger partial charge >= 0.3 is 0 Å². The second-order valence-corrected chi connectivity index (χ2v) is 1.62. The van der Waals surface area contributed by atoms with Crippen molar-refractivity contribution in [3.63, 3.8) is 0 Å². The van der Waals surface area contributed by atoms with Crippen molar-refractivity contribution in [3.8, 4) is 6.07 Å². The number of hydrogen-bond acceptors (Lipinski definition) is 1. The van der Waals surface area contributed by atoms with E-state index in [0.717, 1.165) is 0 Å². The molecule has 0 aromatic carbocycles. The molecule has 0 spiro atoms. The van der Waals surface area contributed by atoms with Crippen LogP contribution in [-0.2, 0) is 0 Å². The van der Waals surface area contributed by atoms with E-state index in [1.165, 1.54) is 5.98 Å². The van der Waals surface area contributed by atoms with Gasteiger partial charge in [-0.3, -0.25) is 0 Å². The van der Waals surface area contributed by atoms with E-state index >= 15 is 0 Å². The lowest BCUT2D eigenvalue weighted by molar-refractivity contribution is 1.50. The molecule has 0 saturated carbocycles. The van der Waals surface area contributed by atoms with Crippen molar-refractivity contribution in [1.82, 2.24) is 0 Å². The fourth-order valence-corrected chi connectivity index (χ4v) is 0.434. The fourth-order valence-electron chi connectivity index (χ4n) is 0.434. The highest BCUT2D eigenvalue weighted by Crippen LogP contribution is 1.93. The predicted molar refractivity (Wildman–Crippen MR) is 43.4 cm³/mol. The molecule has 0 fully saturated rings. The van der Waals surface area contributed by atoms with Crippen LogP contribution in [0.2, 0.25) is 0 Å². The molecule has 0 rings (SSSR count). The van der Waals surface area contributed by atoms with Gasteiger partial charge in [0.15, 0.2) is 0 Å². The summed E-state index contributed by atoms with van der Waals surface area (Å²) in [6, 6.07) is 1.98. The topological polar surface area (TPSA) is 23.8 Å². The molecule has 48 valence electrons. The van der Waals surface area contributed by atoms with Crippen molar-refractivity contribution in [3.05, 3.63) is 35.9 Å². The Morgan fingerprint density at radius 3 is 2.70 bits per heavy atom. The minimum atomic E-state index is 0.556. The third-order valence-electron chi connectivity index (χ3n) is 0.873. The molecule has 0 aliphatic heterocycles. The summed E-state index contributed by atoms with van der Waals surface area (Å²) in [5, 5.41) is 8.42. The number of hydrogen-bond donors (Lipinski definition) is 0. The van der Waals surface area contributed by atoms with Gasteiger partial charge in [0.25, 0.3) is 0 Å². The number of nitrogens with zero attached hydrogens (tertiary/aromatic N) is 1. The van der Waals surface area contributed by atoms with Crippen molar-refractivity contribution in [2.75, 3.05) is 0 Å². The summed E-state index contributed by atoms with van der Waals surface area (Å²) in [5.74, 6) is 1.35. The summed E-state index contributed by atoms with van der Waals surface area (Å²) in [6.07, 6.45) is 6.89. The summed E-state index contributed by atoms with van der Waals surface area (Å²) >= 11 is 0. The van der Waals surface area contributed by atoms with Crippen molar-refractivity contribution in [1.29, 1.82) is 5.26 Å². The molecule has 0 aromatic rings. The largest absolute Gasteiger partial charge is 0.192 e. The third-order valence-corrected chi connectivity index (χ3v) is 0.873. The Morgan fingerprint density at radius 1 is 1.60 bits per heavy atom. The summed E-state index contributed by atoms with van der Waals surface area (Å²) in [5.41, 5.74) is 0.556. The lowest BCUT2D eigenvalue weighted by atomic mass is 10.1. The highest BCUT2D eigenvalue weighted by atomic mass is 14.2. The molecule has 0 unspecified atom stereocenters. The maximum atomic E-state index is 8.42. The highest BCUT2D eigenvalue weighted by Gasteiger charge is 1.80. The molecule has 10 heavy (non-hydrogen) atoms. The average molecular weight is 129 g/mol. The van der Waals surface area contributed by atoms with Gasteiger partial charge in [-0.05, 0) is 13.0 Å². The van der Waals surface area contributed by atoms with Gasteiger partial charge in [0.1, 0.15) is 7.85 Å². The molecular weight excluding hydrogens is 121 g/mol. The Balaban J connectivity index is 4.22. The zero-order chi connectivity index (χ0) is 7.82. The fraction of sp³-hybridized carbons (Fsp3) is 0.125. The van der Waals surface area contributed by atoms with Crippen LogP contribution in [0.15, 0.2) is 35.9 Å². The van der Waals surface area contributed by atoms with Crippen LogP contribution in [0.4, 0.5) is 0 Å². The van der Waals surface area contributed by atoms with Crippen LogP contribution in [-0.4, -0.2) is 7.85 Å². The van der Waals surface area contributed by atoms with E-state index in [2.05, 4.69) is 0 Å². The van der Waals surface area contributed by atoms with Crippen molar-refractivity contribution in [2.24, 2.45) is 0 Å². The van der Waals surface area contributed by atoms with E-state index in [1.54, 1.807) is 18.2 Å². The quantitative estimate of drug-likeness (QED) is 0.316. The first-order chi connectivity index (χ1) is 4.85. The van der Waals surface area contributed by atoms with Crippen LogP contribution >= 0.6 is 0 Å². The second-order valence-electron chi connectivity index (χ2n) is 1.62. The Labute approximate surface area is 62.8 Å². The van der Waals surface area contributed by atoms with Crippen LogP contribution in [0, 0.1) is 11.3 Å². The molecule has 0 N–H and O–H groups in total.